The largest absolute Gasteiger partial charge is 0.378 e. The molecule has 0 saturated carbocycles. The highest BCUT2D eigenvalue weighted by atomic mass is 16.5. The summed E-state index contributed by atoms with van der Waals surface area (Å²) in [7, 11) is 0. The number of nitrogens with zero attached hydrogens (tertiary/aromatic N) is 2. The lowest BCUT2D eigenvalue weighted by Crippen LogP contribution is -2.36. The Bertz CT molecular complexity index is 680. The van der Waals surface area contributed by atoms with Gasteiger partial charge >= 0.3 is 0 Å². The smallest absolute Gasteiger partial charge is 0.0998 e. The summed E-state index contributed by atoms with van der Waals surface area (Å²) in [6, 6.07) is 16.9. The molecular weight excluding hydrogens is 272 g/mol. The lowest BCUT2D eigenvalue weighted by Gasteiger charge is -2.29. The van der Waals surface area contributed by atoms with Crippen LogP contribution in [-0.2, 0) is 11.2 Å². The van der Waals surface area contributed by atoms with Gasteiger partial charge < -0.3 is 9.64 Å². The molecule has 1 fully saturated rings. The normalized spacial score (nSPS) is 14.6. The maximum atomic E-state index is 9.39. The van der Waals surface area contributed by atoms with E-state index in [1.54, 1.807) is 0 Å². The van der Waals surface area contributed by atoms with Crippen molar-refractivity contribution in [3.63, 3.8) is 0 Å². The lowest BCUT2D eigenvalue weighted by molar-refractivity contribution is 0.122. The van der Waals surface area contributed by atoms with Gasteiger partial charge in [0.05, 0.1) is 24.8 Å². The standard InChI is InChI=1S/C19H20N2O/c1-2-15-3-8-19(17(13-15)14-20)16-4-6-18(7-5-16)21-9-11-22-12-10-21/h3-8,13H,2,9-12H2,1H3. The molecule has 0 amide bonds. The molecule has 112 valence electrons. The average molecular weight is 292 g/mol. The molecule has 0 bridgehead atoms. The summed E-state index contributed by atoms with van der Waals surface area (Å²) in [5, 5.41) is 9.39. The van der Waals surface area contributed by atoms with Gasteiger partial charge in [0.2, 0.25) is 0 Å². The number of hydrogen-bond donors (Lipinski definition) is 0. The number of nitriles is 1. The maximum Gasteiger partial charge on any atom is 0.0998 e. The summed E-state index contributed by atoms with van der Waals surface area (Å²) in [6.45, 7) is 5.56. The summed E-state index contributed by atoms with van der Waals surface area (Å²) in [4.78, 5) is 2.33. The Labute approximate surface area is 131 Å². The van der Waals surface area contributed by atoms with E-state index in [9.17, 15) is 5.26 Å². The Morgan fingerprint density at radius 1 is 1.09 bits per heavy atom. The van der Waals surface area contributed by atoms with E-state index >= 15 is 0 Å². The minimum Gasteiger partial charge on any atom is -0.378 e. The molecule has 1 aliphatic heterocycles. The van der Waals surface area contributed by atoms with Gasteiger partial charge in [-0.25, -0.2) is 0 Å². The Hall–Kier alpha value is -2.31. The number of morpholine rings is 1. The van der Waals surface area contributed by atoms with Crippen molar-refractivity contribution in [3.05, 3.63) is 53.6 Å². The van der Waals surface area contributed by atoms with Crippen LogP contribution in [0.3, 0.4) is 0 Å². The van der Waals surface area contributed by atoms with Crippen LogP contribution in [0.15, 0.2) is 42.5 Å². The Morgan fingerprint density at radius 2 is 1.82 bits per heavy atom. The van der Waals surface area contributed by atoms with E-state index in [1.165, 1.54) is 11.3 Å². The molecule has 0 aliphatic carbocycles. The predicted molar refractivity (Wildman–Crippen MR) is 89.0 cm³/mol. The van der Waals surface area contributed by atoms with Crippen molar-refractivity contribution in [1.29, 1.82) is 5.26 Å². The first kappa shape index (κ1) is 14.6. The number of ether oxygens (including phenoxy) is 1. The minimum absolute atomic E-state index is 0.749. The Morgan fingerprint density at radius 3 is 2.45 bits per heavy atom. The van der Waals surface area contributed by atoms with Crippen LogP contribution in [0.2, 0.25) is 0 Å². The summed E-state index contributed by atoms with van der Waals surface area (Å²) in [5.41, 5.74) is 5.27. The van der Waals surface area contributed by atoms with Crippen LogP contribution in [0.1, 0.15) is 18.1 Å². The molecule has 3 rings (SSSR count). The van der Waals surface area contributed by atoms with Gasteiger partial charge in [-0.3, -0.25) is 0 Å². The van der Waals surface area contributed by atoms with Crippen molar-refractivity contribution in [2.45, 2.75) is 13.3 Å². The average Bonchev–Trinajstić information content (AvgIpc) is 2.62. The van der Waals surface area contributed by atoms with Gasteiger partial charge in [0.25, 0.3) is 0 Å². The van der Waals surface area contributed by atoms with Crippen molar-refractivity contribution < 1.29 is 4.74 Å². The molecule has 1 saturated heterocycles. The summed E-state index contributed by atoms with van der Waals surface area (Å²) in [6.07, 6.45) is 0.949. The van der Waals surface area contributed by atoms with E-state index in [-0.39, 0.29) is 0 Å². The van der Waals surface area contributed by atoms with Crippen LogP contribution < -0.4 is 4.90 Å². The molecular formula is C19H20N2O. The first-order valence-corrected chi connectivity index (χ1v) is 7.78. The molecule has 0 aromatic heterocycles. The van der Waals surface area contributed by atoms with Crippen LogP contribution in [0.25, 0.3) is 11.1 Å². The van der Waals surface area contributed by atoms with E-state index in [4.69, 9.17) is 4.74 Å². The number of benzene rings is 2. The van der Waals surface area contributed by atoms with Crippen molar-refractivity contribution >= 4 is 5.69 Å². The third kappa shape index (κ3) is 2.98. The summed E-state index contributed by atoms with van der Waals surface area (Å²) in [5.74, 6) is 0. The van der Waals surface area contributed by atoms with E-state index in [1.807, 2.05) is 6.07 Å². The van der Waals surface area contributed by atoms with Crippen molar-refractivity contribution in [3.8, 4) is 17.2 Å². The van der Waals surface area contributed by atoms with Crippen molar-refractivity contribution in [2.75, 3.05) is 31.2 Å². The fraction of sp³-hybridized carbons (Fsp3) is 0.316. The Balaban J connectivity index is 1.88. The molecule has 2 aromatic rings. The van der Waals surface area contributed by atoms with Crippen LogP contribution in [-0.4, -0.2) is 26.3 Å². The molecule has 0 atom stereocenters. The van der Waals surface area contributed by atoms with Crippen LogP contribution in [0.5, 0.6) is 0 Å². The van der Waals surface area contributed by atoms with Gasteiger partial charge in [-0.05, 0) is 41.3 Å². The number of hydrogen-bond acceptors (Lipinski definition) is 3. The second-order valence-electron chi connectivity index (χ2n) is 5.49. The summed E-state index contributed by atoms with van der Waals surface area (Å²) < 4.78 is 5.39. The van der Waals surface area contributed by atoms with Gasteiger partial charge in [0.15, 0.2) is 0 Å². The molecule has 0 radical (unpaired) electrons. The fourth-order valence-corrected chi connectivity index (χ4v) is 2.83. The highest BCUT2D eigenvalue weighted by Crippen LogP contribution is 2.27. The number of aryl methyl sites for hydroxylation is 1. The molecule has 1 aliphatic rings. The van der Waals surface area contributed by atoms with E-state index < -0.39 is 0 Å². The number of anilines is 1. The third-order valence-electron chi connectivity index (χ3n) is 4.17. The zero-order valence-corrected chi connectivity index (χ0v) is 12.9. The lowest BCUT2D eigenvalue weighted by atomic mass is 9.97. The maximum absolute atomic E-state index is 9.39. The molecule has 3 nitrogen and oxygen atoms in total. The molecule has 22 heavy (non-hydrogen) atoms. The Kier molecular flexibility index (Phi) is 4.41. The SMILES string of the molecule is CCc1ccc(-c2ccc(N3CCOCC3)cc2)c(C#N)c1. The van der Waals surface area contributed by atoms with E-state index in [0.29, 0.717) is 0 Å². The van der Waals surface area contributed by atoms with Gasteiger partial charge in [-0.15, -0.1) is 0 Å². The zero-order chi connectivity index (χ0) is 15.4. The predicted octanol–water partition coefficient (Wildman–Crippen LogP) is 3.62. The first-order chi connectivity index (χ1) is 10.8. The van der Waals surface area contributed by atoms with Crippen molar-refractivity contribution in [2.24, 2.45) is 0 Å². The topological polar surface area (TPSA) is 36.3 Å². The van der Waals surface area contributed by atoms with E-state index in [2.05, 4.69) is 54.3 Å². The highest BCUT2D eigenvalue weighted by molar-refractivity contribution is 5.72. The van der Waals surface area contributed by atoms with Gasteiger partial charge in [-0.2, -0.15) is 5.26 Å². The number of rotatable bonds is 3. The molecule has 3 heteroatoms. The third-order valence-corrected chi connectivity index (χ3v) is 4.17. The van der Waals surface area contributed by atoms with Crippen LogP contribution in [0.4, 0.5) is 5.69 Å². The van der Waals surface area contributed by atoms with Crippen LogP contribution in [0, 0.1) is 11.3 Å². The highest BCUT2D eigenvalue weighted by Gasteiger charge is 2.12. The fourth-order valence-electron chi connectivity index (χ4n) is 2.83. The quantitative estimate of drug-likeness (QED) is 0.867. The van der Waals surface area contributed by atoms with Gasteiger partial charge in [0.1, 0.15) is 0 Å². The van der Waals surface area contributed by atoms with Crippen molar-refractivity contribution in [1.82, 2.24) is 0 Å². The molecule has 1 heterocycles. The molecule has 0 N–H and O–H groups in total. The van der Waals surface area contributed by atoms with Gasteiger partial charge in [0, 0.05) is 18.8 Å². The second-order valence-corrected chi connectivity index (χ2v) is 5.49. The first-order valence-electron chi connectivity index (χ1n) is 7.78. The van der Waals surface area contributed by atoms with Crippen LogP contribution >= 0.6 is 0 Å². The monoisotopic (exact) mass is 292 g/mol. The second kappa shape index (κ2) is 6.64. The molecule has 0 unspecified atom stereocenters. The minimum atomic E-state index is 0.749. The van der Waals surface area contributed by atoms with Gasteiger partial charge in [-0.1, -0.05) is 31.2 Å². The summed E-state index contributed by atoms with van der Waals surface area (Å²) >= 11 is 0. The zero-order valence-electron chi connectivity index (χ0n) is 12.9. The molecule has 2 aromatic carbocycles. The van der Waals surface area contributed by atoms with E-state index in [0.717, 1.165) is 49.4 Å². The molecule has 0 spiro atoms.